The summed E-state index contributed by atoms with van der Waals surface area (Å²) in [5.74, 6) is 0. The highest BCUT2D eigenvalue weighted by molar-refractivity contribution is 6.31. The van der Waals surface area contributed by atoms with Crippen LogP contribution in [0.4, 0.5) is 0 Å². The van der Waals surface area contributed by atoms with Crippen molar-refractivity contribution >= 4 is 17.9 Å². The van der Waals surface area contributed by atoms with Crippen LogP contribution in [0.2, 0.25) is 5.02 Å². The second-order valence-corrected chi connectivity index (χ2v) is 2.83. The third-order valence-electron chi connectivity index (χ3n) is 1.69. The van der Waals surface area contributed by atoms with E-state index in [4.69, 9.17) is 11.6 Å². The average Bonchev–Trinajstić information content (AvgIpc) is 2.10. The molecule has 0 aliphatic rings. The van der Waals surface area contributed by atoms with Gasteiger partial charge in [0.1, 0.15) is 6.29 Å². The van der Waals surface area contributed by atoms with E-state index in [-0.39, 0.29) is 6.04 Å². The van der Waals surface area contributed by atoms with E-state index in [0.717, 1.165) is 11.8 Å². The molecule has 0 radical (unpaired) electrons. The van der Waals surface area contributed by atoms with Gasteiger partial charge in [0.2, 0.25) is 0 Å². The van der Waals surface area contributed by atoms with Crippen LogP contribution >= 0.6 is 11.6 Å². The fourth-order valence-corrected chi connectivity index (χ4v) is 1.28. The molecule has 0 unspecified atom stereocenters. The Balaban J connectivity index is 3.00. The van der Waals surface area contributed by atoms with Gasteiger partial charge in [-0.15, -0.1) is 0 Å². The van der Waals surface area contributed by atoms with Crippen LogP contribution in [0.25, 0.3) is 0 Å². The molecule has 64 valence electrons. The van der Waals surface area contributed by atoms with Crippen molar-refractivity contribution in [3.63, 3.8) is 0 Å². The van der Waals surface area contributed by atoms with Gasteiger partial charge in [-0.25, -0.2) is 0 Å². The van der Waals surface area contributed by atoms with Crippen molar-refractivity contribution in [2.24, 2.45) is 0 Å². The molecule has 0 heterocycles. The van der Waals surface area contributed by atoms with Crippen LogP contribution in [0.5, 0.6) is 0 Å². The Labute approximate surface area is 76.5 Å². The number of hydrogen-bond donors (Lipinski definition) is 1. The maximum atomic E-state index is 10.6. The van der Waals surface area contributed by atoms with Crippen LogP contribution in [0.3, 0.4) is 0 Å². The molecule has 0 saturated carbocycles. The van der Waals surface area contributed by atoms with Crippen LogP contribution in [0.1, 0.15) is 11.6 Å². The summed E-state index contributed by atoms with van der Waals surface area (Å²) in [6, 6.07) is 6.99. The summed E-state index contributed by atoms with van der Waals surface area (Å²) in [5.41, 5.74) is 0.816. The minimum absolute atomic E-state index is 0.307. The molecule has 0 aliphatic carbocycles. The van der Waals surface area contributed by atoms with Crippen molar-refractivity contribution < 1.29 is 4.79 Å². The first kappa shape index (κ1) is 9.23. The summed E-state index contributed by atoms with van der Waals surface area (Å²) >= 11 is 5.88. The molecule has 0 fully saturated rings. The summed E-state index contributed by atoms with van der Waals surface area (Å²) in [6.45, 7) is 0. The Morgan fingerprint density at radius 3 is 2.67 bits per heavy atom. The molecule has 0 spiro atoms. The SMILES string of the molecule is CN[C@H](C=O)c1ccccc1Cl. The molecule has 0 aromatic heterocycles. The van der Waals surface area contributed by atoms with Crippen molar-refractivity contribution in [3.8, 4) is 0 Å². The average molecular weight is 184 g/mol. The van der Waals surface area contributed by atoms with Crippen LogP contribution in [-0.4, -0.2) is 13.3 Å². The first-order chi connectivity index (χ1) is 5.79. The summed E-state index contributed by atoms with van der Waals surface area (Å²) in [4.78, 5) is 10.6. The molecule has 1 aromatic carbocycles. The standard InChI is InChI=1S/C9H10ClNO/c1-11-9(6-12)7-4-2-3-5-8(7)10/h2-6,9,11H,1H3/t9-/m1/s1. The van der Waals surface area contributed by atoms with Gasteiger partial charge in [-0.3, -0.25) is 0 Å². The lowest BCUT2D eigenvalue weighted by Gasteiger charge is -2.10. The second kappa shape index (κ2) is 4.24. The van der Waals surface area contributed by atoms with E-state index >= 15 is 0 Å². The quantitative estimate of drug-likeness (QED) is 0.725. The molecule has 12 heavy (non-hydrogen) atoms. The number of likely N-dealkylation sites (N-methyl/N-ethyl adjacent to an activating group) is 1. The maximum Gasteiger partial charge on any atom is 0.141 e. The molecule has 1 aromatic rings. The Bertz CT molecular complexity index is 275. The largest absolute Gasteiger partial charge is 0.307 e. The molecule has 0 aliphatic heterocycles. The van der Waals surface area contributed by atoms with Crippen LogP contribution in [0, 0.1) is 0 Å². The number of carbonyl (C=O) groups excluding carboxylic acids is 1. The fraction of sp³-hybridized carbons (Fsp3) is 0.222. The van der Waals surface area contributed by atoms with E-state index in [1.807, 2.05) is 18.2 Å². The molecular formula is C9H10ClNO. The minimum Gasteiger partial charge on any atom is -0.307 e. The first-order valence-electron chi connectivity index (χ1n) is 3.66. The molecule has 0 amide bonds. The Hall–Kier alpha value is -0.860. The number of benzene rings is 1. The van der Waals surface area contributed by atoms with E-state index in [2.05, 4.69) is 5.32 Å². The van der Waals surface area contributed by atoms with Gasteiger partial charge in [-0.1, -0.05) is 29.8 Å². The zero-order valence-corrected chi connectivity index (χ0v) is 7.51. The normalized spacial score (nSPS) is 12.5. The number of rotatable bonds is 3. The van der Waals surface area contributed by atoms with Crippen LogP contribution in [0.15, 0.2) is 24.3 Å². The molecule has 1 N–H and O–H groups in total. The van der Waals surface area contributed by atoms with Crippen molar-refractivity contribution in [2.75, 3.05) is 7.05 Å². The van der Waals surface area contributed by atoms with Gasteiger partial charge in [-0.05, 0) is 18.7 Å². The van der Waals surface area contributed by atoms with Gasteiger partial charge in [0, 0.05) is 5.02 Å². The highest BCUT2D eigenvalue weighted by atomic mass is 35.5. The molecule has 2 nitrogen and oxygen atoms in total. The number of aldehydes is 1. The third kappa shape index (κ3) is 1.84. The smallest absolute Gasteiger partial charge is 0.141 e. The van der Waals surface area contributed by atoms with Gasteiger partial charge in [0.15, 0.2) is 0 Å². The van der Waals surface area contributed by atoms with Crippen molar-refractivity contribution in [3.05, 3.63) is 34.9 Å². The van der Waals surface area contributed by atoms with E-state index in [1.165, 1.54) is 0 Å². The lowest BCUT2D eigenvalue weighted by molar-refractivity contribution is -0.109. The van der Waals surface area contributed by atoms with Gasteiger partial charge < -0.3 is 10.1 Å². The van der Waals surface area contributed by atoms with E-state index in [9.17, 15) is 4.79 Å². The summed E-state index contributed by atoms with van der Waals surface area (Å²) in [5, 5.41) is 3.47. The molecule has 0 bridgehead atoms. The van der Waals surface area contributed by atoms with Gasteiger partial charge in [-0.2, -0.15) is 0 Å². The van der Waals surface area contributed by atoms with Gasteiger partial charge in [0.25, 0.3) is 0 Å². The number of carbonyl (C=O) groups is 1. The van der Waals surface area contributed by atoms with Crippen molar-refractivity contribution in [1.29, 1.82) is 0 Å². The van der Waals surface area contributed by atoms with Crippen LogP contribution in [-0.2, 0) is 4.79 Å². The minimum atomic E-state index is -0.307. The summed E-state index contributed by atoms with van der Waals surface area (Å²) in [7, 11) is 1.72. The zero-order valence-electron chi connectivity index (χ0n) is 6.75. The first-order valence-corrected chi connectivity index (χ1v) is 4.04. The lowest BCUT2D eigenvalue weighted by Crippen LogP contribution is -2.17. The Kier molecular flexibility index (Phi) is 3.26. The predicted molar refractivity (Wildman–Crippen MR) is 49.3 cm³/mol. The highest BCUT2D eigenvalue weighted by Crippen LogP contribution is 2.20. The molecule has 1 atom stereocenters. The van der Waals surface area contributed by atoms with E-state index < -0.39 is 0 Å². The number of nitrogens with one attached hydrogen (secondary N) is 1. The van der Waals surface area contributed by atoms with Crippen molar-refractivity contribution in [2.45, 2.75) is 6.04 Å². The molecule has 0 saturated heterocycles. The summed E-state index contributed by atoms with van der Waals surface area (Å²) < 4.78 is 0. The maximum absolute atomic E-state index is 10.6. The van der Waals surface area contributed by atoms with Crippen LogP contribution < -0.4 is 5.32 Å². The molecular weight excluding hydrogens is 174 g/mol. The van der Waals surface area contributed by atoms with Gasteiger partial charge >= 0.3 is 0 Å². The van der Waals surface area contributed by atoms with E-state index in [1.54, 1.807) is 13.1 Å². The zero-order chi connectivity index (χ0) is 8.97. The van der Waals surface area contributed by atoms with E-state index in [0.29, 0.717) is 5.02 Å². The third-order valence-corrected chi connectivity index (χ3v) is 2.03. The Morgan fingerprint density at radius 1 is 1.50 bits per heavy atom. The van der Waals surface area contributed by atoms with Gasteiger partial charge in [0.05, 0.1) is 6.04 Å². The summed E-state index contributed by atoms with van der Waals surface area (Å²) in [6.07, 6.45) is 0.835. The monoisotopic (exact) mass is 183 g/mol. The Morgan fingerprint density at radius 2 is 2.17 bits per heavy atom. The molecule has 1 rings (SSSR count). The van der Waals surface area contributed by atoms with Crippen molar-refractivity contribution in [1.82, 2.24) is 5.32 Å². The highest BCUT2D eigenvalue weighted by Gasteiger charge is 2.09. The topological polar surface area (TPSA) is 29.1 Å². The number of halogens is 1. The second-order valence-electron chi connectivity index (χ2n) is 2.42. The predicted octanol–water partition coefficient (Wildman–Crippen LogP) is 1.80. The number of hydrogen-bond acceptors (Lipinski definition) is 2. The molecule has 3 heteroatoms. The fourth-order valence-electron chi connectivity index (χ4n) is 1.02. The lowest BCUT2D eigenvalue weighted by atomic mass is 10.1.